The molecular formula is C21H27NOSi. The second kappa shape index (κ2) is 6.13. The molecule has 0 atom stereocenters. The van der Waals surface area contributed by atoms with Crippen molar-refractivity contribution in [3.8, 4) is 5.75 Å². The predicted octanol–water partition coefficient (Wildman–Crippen LogP) is 6.07. The van der Waals surface area contributed by atoms with Gasteiger partial charge in [-0.25, -0.2) is 0 Å². The highest BCUT2D eigenvalue weighted by molar-refractivity contribution is 6.74. The van der Waals surface area contributed by atoms with Crippen LogP contribution in [0, 0.1) is 0 Å². The molecule has 0 aliphatic heterocycles. The van der Waals surface area contributed by atoms with Crippen molar-refractivity contribution in [3.63, 3.8) is 0 Å². The first-order chi connectivity index (χ1) is 11.3. The first kappa shape index (κ1) is 16.8. The molecule has 0 N–H and O–H groups in total. The topological polar surface area (TPSA) is 14.2 Å². The summed E-state index contributed by atoms with van der Waals surface area (Å²) in [5.74, 6) is 0.996. The summed E-state index contributed by atoms with van der Waals surface area (Å²) in [6, 6.07) is 19.2. The van der Waals surface area contributed by atoms with E-state index in [1.807, 2.05) is 0 Å². The van der Waals surface area contributed by atoms with Crippen molar-refractivity contribution in [3.05, 3.63) is 66.4 Å². The van der Waals surface area contributed by atoms with E-state index in [-0.39, 0.29) is 5.04 Å². The lowest BCUT2D eigenvalue weighted by atomic mass is 10.2. The first-order valence-electron chi connectivity index (χ1n) is 8.58. The van der Waals surface area contributed by atoms with Gasteiger partial charge < -0.3 is 8.99 Å². The maximum absolute atomic E-state index is 6.44. The van der Waals surface area contributed by atoms with Crippen molar-refractivity contribution in [2.75, 3.05) is 0 Å². The molecule has 0 bridgehead atoms. The van der Waals surface area contributed by atoms with Crippen LogP contribution in [0.5, 0.6) is 5.75 Å². The van der Waals surface area contributed by atoms with E-state index < -0.39 is 8.32 Å². The van der Waals surface area contributed by atoms with E-state index in [0.717, 1.165) is 12.3 Å². The predicted molar refractivity (Wildman–Crippen MR) is 105 cm³/mol. The van der Waals surface area contributed by atoms with Crippen LogP contribution in [0.4, 0.5) is 0 Å². The third-order valence-electron chi connectivity index (χ3n) is 5.11. The Kier molecular flexibility index (Phi) is 4.30. The molecular weight excluding hydrogens is 310 g/mol. The Bertz CT molecular complexity index is 842. The van der Waals surface area contributed by atoms with Gasteiger partial charge in [-0.15, -0.1) is 0 Å². The summed E-state index contributed by atoms with van der Waals surface area (Å²) in [6.45, 7) is 12.3. The number of aromatic nitrogens is 1. The van der Waals surface area contributed by atoms with Crippen LogP contribution in [0.2, 0.25) is 18.1 Å². The highest BCUT2D eigenvalue weighted by Crippen LogP contribution is 2.37. The van der Waals surface area contributed by atoms with Gasteiger partial charge in [-0.2, -0.15) is 0 Å². The molecule has 0 fully saturated rings. The molecule has 0 aliphatic rings. The van der Waals surface area contributed by atoms with Crippen LogP contribution in [-0.4, -0.2) is 12.9 Å². The Morgan fingerprint density at radius 2 is 1.71 bits per heavy atom. The summed E-state index contributed by atoms with van der Waals surface area (Å²) in [5.41, 5.74) is 2.54. The molecule has 1 heterocycles. The van der Waals surface area contributed by atoms with E-state index in [0.29, 0.717) is 0 Å². The quantitative estimate of drug-likeness (QED) is 0.527. The van der Waals surface area contributed by atoms with Gasteiger partial charge in [0.05, 0.1) is 0 Å². The van der Waals surface area contributed by atoms with Gasteiger partial charge in [0.1, 0.15) is 5.75 Å². The number of hydrogen-bond acceptors (Lipinski definition) is 1. The summed E-state index contributed by atoms with van der Waals surface area (Å²) in [5, 5.41) is 1.49. The van der Waals surface area contributed by atoms with Gasteiger partial charge >= 0.3 is 0 Å². The Balaban J connectivity index is 1.83. The van der Waals surface area contributed by atoms with Gasteiger partial charge in [0.15, 0.2) is 0 Å². The van der Waals surface area contributed by atoms with Crippen molar-refractivity contribution >= 4 is 19.2 Å². The molecule has 3 aromatic rings. The van der Waals surface area contributed by atoms with E-state index in [2.05, 4.69) is 99.2 Å². The molecule has 0 unspecified atom stereocenters. The van der Waals surface area contributed by atoms with Crippen molar-refractivity contribution < 1.29 is 4.43 Å². The number of fused-ring (bicyclic) bond motifs is 1. The molecule has 0 amide bonds. The molecule has 0 radical (unpaired) electrons. The van der Waals surface area contributed by atoms with E-state index in [1.165, 1.54) is 16.5 Å². The highest BCUT2D eigenvalue weighted by Gasteiger charge is 2.38. The number of para-hydroxylation sites is 1. The molecule has 126 valence electrons. The molecule has 2 nitrogen and oxygen atoms in total. The maximum Gasteiger partial charge on any atom is 0.250 e. The molecule has 0 saturated heterocycles. The van der Waals surface area contributed by atoms with Gasteiger partial charge in [0.25, 0.3) is 0 Å². The van der Waals surface area contributed by atoms with Crippen LogP contribution in [0.25, 0.3) is 10.9 Å². The average molecular weight is 338 g/mol. The SMILES string of the molecule is CC(C)(C)[Si](C)(C)Oc1cccc(Cn2ccc3ccccc32)c1. The standard InChI is InChI=1S/C21H27NOSi/c1-21(2,3)24(4,5)23-19-11-8-9-17(15-19)16-22-14-13-18-10-6-7-12-20(18)22/h6-15H,16H2,1-5H3. The Labute approximate surface area is 146 Å². The zero-order valence-electron chi connectivity index (χ0n) is 15.3. The lowest BCUT2D eigenvalue weighted by Gasteiger charge is -2.36. The van der Waals surface area contributed by atoms with E-state index in [1.54, 1.807) is 0 Å². The maximum atomic E-state index is 6.44. The molecule has 0 saturated carbocycles. The second-order valence-electron chi connectivity index (χ2n) is 8.01. The summed E-state index contributed by atoms with van der Waals surface area (Å²) >= 11 is 0. The lowest BCUT2D eigenvalue weighted by molar-refractivity contribution is 0.491. The average Bonchev–Trinajstić information content (AvgIpc) is 2.89. The monoisotopic (exact) mass is 337 g/mol. The number of hydrogen-bond donors (Lipinski definition) is 0. The van der Waals surface area contributed by atoms with Crippen molar-refractivity contribution in [1.82, 2.24) is 4.57 Å². The fraction of sp³-hybridized carbons (Fsp3) is 0.333. The van der Waals surface area contributed by atoms with Crippen LogP contribution in [0.3, 0.4) is 0 Å². The molecule has 3 heteroatoms. The fourth-order valence-electron chi connectivity index (χ4n) is 2.63. The second-order valence-corrected chi connectivity index (χ2v) is 12.7. The summed E-state index contributed by atoms with van der Waals surface area (Å²) in [4.78, 5) is 0. The van der Waals surface area contributed by atoms with Crippen LogP contribution in [0.15, 0.2) is 60.8 Å². The largest absolute Gasteiger partial charge is 0.543 e. The number of nitrogens with zero attached hydrogens (tertiary/aromatic N) is 1. The van der Waals surface area contributed by atoms with Gasteiger partial charge in [-0.3, -0.25) is 0 Å². The summed E-state index contributed by atoms with van der Waals surface area (Å²) in [6.07, 6.45) is 2.16. The van der Waals surface area contributed by atoms with E-state index in [4.69, 9.17) is 4.43 Å². The Hall–Kier alpha value is -2.00. The first-order valence-corrected chi connectivity index (χ1v) is 11.5. The minimum absolute atomic E-state index is 0.208. The van der Waals surface area contributed by atoms with Crippen molar-refractivity contribution in [1.29, 1.82) is 0 Å². The number of rotatable bonds is 4. The van der Waals surface area contributed by atoms with Crippen LogP contribution in [-0.2, 0) is 6.54 Å². The Morgan fingerprint density at radius 1 is 0.958 bits per heavy atom. The zero-order chi connectivity index (χ0) is 17.4. The smallest absolute Gasteiger partial charge is 0.250 e. The minimum Gasteiger partial charge on any atom is -0.543 e. The molecule has 0 aliphatic carbocycles. The van der Waals surface area contributed by atoms with Crippen LogP contribution < -0.4 is 4.43 Å². The molecule has 3 rings (SSSR count). The molecule has 0 spiro atoms. The Morgan fingerprint density at radius 3 is 2.46 bits per heavy atom. The van der Waals surface area contributed by atoms with E-state index in [9.17, 15) is 0 Å². The van der Waals surface area contributed by atoms with Crippen LogP contribution in [0.1, 0.15) is 26.3 Å². The third kappa shape index (κ3) is 3.41. The van der Waals surface area contributed by atoms with Gasteiger partial charge in [0.2, 0.25) is 8.32 Å². The third-order valence-corrected chi connectivity index (χ3v) is 9.47. The number of benzene rings is 2. The van der Waals surface area contributed by atoms with Crippen molar-refractivity contribution in [2.45, 2.75) is 45.4 Å². The summed E-state index contributed by atoms with van der Waals surface area (Å²) < 4.78 is 8.74. The molecule has 1 aromatic heterocycles. The van der Waals surface area contributed by atoms with Gasteiger partial charge in [0, 0.05) is 18.3 Å². The zero-order valence-corrected chi connectivity index (χ0v) is 16.3. The molecule has 24 heavy (non-hydrogen) atoms. The van der Waals surface area contributed by atoms with Gasteiger partial charge in [-0.1, -0.05) is 51.1 Å². The van der Waals surface area contributed by atoms with E-state index >= 15 is 0 Å². The van der Waals surface area contributed by atoms with Crippen LogP contribution >= 0.6 is 0 Å². The highest BCUT2D eigenvalue weighted by atomic mass is 28.4. The minimum atomic E-state index is -1.80. The summed E-state index contributed by atoms with van der Waals surface area (Å²) in [7, 11) is -1.80. The van der Waals surface area contributed by atoms with Crippen molar-refractivity contribution in [2.24, 2.45) is 0 Å². The fourth-order valence-corrected chi connectivity index (χ4v) is 3.65. The van der Waals surface area contributed by atoms with Gasteiger partial charge in [-0.05, 0) is 53.3 Å². The normalized spacial score (nSPS) is 12.5. The lowest BCUT2D eigenvalue weighted by Crippen LogP contribution is -2.43. The molecule has 2 aromatic carbocycles.